The van der Waals surface area contributed by atoms with E-state index in [1.54, 1.807) is 0 Å². The molecule has 2 heterocycles. The zero-order valence-electron chi connectivity index (χ0n) is 15.3. The zero-order valence-corrected chi connectivity index (χ0v) is 15.3. The van der Waals surface area contributed by atoms with E-state index in [2.05, 4.69) is 15.3 Å². The van der Waals surface area contributed by atoms with E-state index in [1.165, 1.54) is 30.5 Å². The lowest BCUT2D eigenvalue weighted by atomic mass is 10.1. The van der Waals surface area contributed by atoms with Gasteiger partial charge in [0.2, 0.25) is 0 Å². The molecule has 11 heteroatoms. The Morgan fingerprint density at radius 2 is 2.07 bits per heavy atom. The Morgan fingerprint density at radius 1 is 1.30 bits per heavy atom. The number of aliphatic imine (C=N–C) groups is 1. The number of carbonyl (C=O) groups is 1. The molecule has 3 N–H and O–H groups in total. The van der Waals surface area contributed by atoms with Crippen LogP contribution in [0.1, 0.15) is 34.1 Å². The van der Waals surface area contributed by atoms with E-state index in [9.17, 15) is 22.4 Å². The maximum atomic E-state index is 14.4. The lowest BCUT2D eigenvalue weighted by molar-refractivity contribution is -0.149. The van der Waals surface area contributed by atoms with Crippen LogP contribution in [0.15, 0.2) is 41.5 Å². The number of aromatic nitrogens is 1. The van der Waals surface area contributed by atoms with Crippen LogP contribution in [0.5, 0.6) is 0 Å². The number of pyridine rings is 1. The minimum Gasteiger partial charge on any atom is -0.385 e. The van der Waals surface area contributed by atoms with E-state index in [0.717, 1.165) is 6.07 Å². The molecule has 0 saturated heterocycles. The second kappa shape index (κ2) is 8.46. The van der Waals surface area contributed by atoms with Crippen molar-refractivity contribution in [3.8, 4) is 6.07 Å². The third kappa shape index (κ3) is 4.72. The molecule has 30 heavy (non-hydrogen) atoms. The monoisotopic (exact) mass is 421 g/mol. The molecule has 1 aliphatic rings. The highest BCUT2D eigenvalue weighted by molar-refractivity contribution is 6.03. The topological polar surface area (TPSA) is 113 Å². The van der Waals surface area contributed by atoms with Gasteiger partial charge in [-0.25, -0.2) is 9.37 Å². The Balaban J connectivity index is 1.84. The first-order valence-corrected chi connectivity index (χ1v) is 8.67. The molecule has 7 nitrogen and oxygen atoms in total. The van der Waals surface area contributed by atoms with Crippen molar-refractivity contribution in [1.29, 1.82) is 5.26 Å². The lowest BCUT2D eigenvalue weighted by Crippen LogP contribution is -2.30. The number of halogens is 4. The molecule has 0 bridgehead atoms. The summed E-state index contributed by atoms with van der Waals surface area (Å²) in [5.74, 6) is -1.92. The summed E-state index contributed by atoms with van der Waals surface area (Å²) in [6.45, 7) is -0.329. The van der Waals surface area contributed by atoms with Gasteiger partial charge in [-0.2, -0.15) is 18.4 Å². The van der Waals surface area contributed by atoms with E-state index in [0.29, 0.717) is 0 Å². The van der Waals surface area contributed by atoms with E-state index >= 15 is 0 Å². The number of hydrogen-bond donors (Lipinski definition) is 2. The smallest absolute Gasteiger partial charge is 0.385 e. The second-order valence-electron chi connectivity index (χ2n) is 6.39. The van der Waals surface area contributed by atoms with Crippen molar-refractivity contribution < 1.29 is 27.1 Å². The number of hydrogen-bond acceptors (Lipinski definition) is 6. The predicted octanol–water partition coefficient (Wildman–Crippen LogP) is 3.09. The quantitative estimate of drug-likeness (QED) is 0.740. The lowest BCUT2D eigenvalue weighted by Gasteiger charge is -2.17. The van der Waals surface area contributed by atoms with Gasteiger partial charge in [0.25, 0.3) is 5.91 Å². The number of nitrogens with zero attached hydrogens (tertiary/aromatic N) is 3. The zero-order chi connectivity index (χ0) is 21.9. The van der Waals surface area contributed by atoms with Crippen molar-refractivity contribution in [2.24, 2.45) is 10.7 Å². The van der Waals surface area contributed by atoms with E-state index < -0.39 is 42.3 Å². The SMILES string of the molecule is N#Cc1ccc(C(=O)Nc2ccc(F)c(C3OCCC(C(F)(F)F)N=C3N)c2)nc1. The predicted molar refractivity (Wildman–Crippen MR) is 98.1 cm³/mol. The number of benzene rings is 1. The fraction of sp³-hybridized carbons (Fsp3) is 0.263. The molecule has 0 spiro atoms. The first-order chi connectivity index (χ1) is 14.2. The fourth-order valence-electron chi connectivity index (χ4n) is 2.79. The van der Waals surface area contributed by atoms with Crippen molar-refractivity contribution in [2.45, 2.75) is 24.7 Å². The van der Waals surface area contributed by atoms with Gasteiger partial charge in [-0.1, -0.05) is 0 Å². The van der Waals surface area contributed by atoms with Crippen LogP contribution in [0.4, 0.5) is 23.2 Å². The summed E-state index contributed by atoms with van der Waals surface area (Å²) >= 11 is 0. The van der Waals surface area contributed by atoms with Crippen LogP contribution >= 0.6 is 0 Å². The molecule has 0 aliphatic carbocycles. The number of anilines is 1. The van der Waals surface area contributed by atoms with E-state index in [1.807, 2.05) is 6.07 Å². The third-order valence-electron chi connectivity index (χ3n) is 4.29. The molecule has 2 aromatic rings. The highest BCUT2D eigenvalue weighted by atomic mass is 19.4. The number of nitriles is 1. The van der Waals surface area contributed by atoms with Gasteiger partial charge in [0.15, 0.2) is 0 Å². The number of amides is 1. The number of alkyl halides is 3. The van der Waals surface area contributed by atoms with Crippen LogP contribution in [-0.4, -0.2) is 35.6 Å². The van der Waals surface area contributed by atoms with Gasteiger partial charge in [0.1, 0.15) is 35.6 Å². The molecule has 0 saturated carbocycles. The third-order valence-corrected chi connectivity index (χ3v) is 4.29. The summed E-state index contributed by atoms with van der Waals surface area (Å²) in [4.78, 5) is 19.6. The molecule has 1 aromatic heterocycles. The molecule has 0 radical (unpaired) electrons. The fourth-order valence-corrected chi connectivity index (χ4v) is 2.79. The van der Waals surface area contributed by atoms with Gasteiger partial charge < -0.3 is 15.8 Å². The average Bonchev–Trinajstić information content (AvgIpc) is 2.91. The standard InChI is InChI=1S/C19H15F4N5O2/c20-13-3-2-11(27-18(29)14-4-1-10(8-24)9-26-14)7-12(13)16-17(25)28-15(5-6-30-16)19(21,22)23/h1-4,7,9,15-16H,5-6H2,(H2,25,28)(H,27,29). The Hall–Kier alpha value is -3.52. The van der Waals surface area contributed by atoms with Gasteiger partial charge in [0.05, 0.1) is 12.2 Å². The van der Waals surface area contributed by atoms with Crippen molar-refractivity contribution in [2.75, 3.05) is 11.9 Å². The molecule has 0 fully saturated rings. The summed E-state index contributed by atoms with van der Waals surface area (Å²) < 4.78 is 58.6. The van der Waals surface area contributed by atoms with E-state index in [-0.39, 0.29) is 29.1 Å². The van der Waals surface area contributed by atoms with Crippen molar-refractivity contribution in [3.63, 3.8) is 0 Å². The van der Waals surface area contributed by atoms with E-state index in [4.69, 9.17) is 15.7 Å². The maximum absolute atomic E-state index is 14.4. The van der Waals surface area contributed by atoms with Crippen molar-refractivity contribution in [1.82, 2.24) is 4.98 Å². The summed E-state index contributed by atoms with van der Waals surface area (Å²) in [6, 6.07) is 6.09. The summed E-state index contributed by atoms with van der Waals surface area (Å²) in [6.07, 6.45) is -5.14. The number of nitrogens with one attached hydrogen (secondary N) is 1. The first-order valence-electron chi connectivity index (χ1n) is 8.67. The first kappa shape index (κ1) is 21.2. The molecule has 2 unspecified atom stereocenters. The summed E-state index contributed by atoms with van der Waals surface area (Å²) in [5, 5.41) is 11.3. The Morgan fingerprint density at radius 3 is 2.70 bits per heavy atom. The van der Waals surface area contributed by atoms with Crippen LogP contribution in [0.3, 0.4) is 0 Å². The average molecular weight is 421 g/mol. The van der Waals surface area contributed by atoms with Crippen molar-refractivity contribution in [3.05, 3.63) is 59.2 Å². The van der Waals surface area contributed by atoms with Crippen LogP contribution in [0.25, 0.3) is 0 Å². The second-order valence-corrected chi connectivity index (χ2v) is 6.39. The number of amidine groups is 1. The van der Waals surface area contributed by atoms with Crippen LogP contribution in [0.2, 0.25) is 0 Å². The minimum absolute atomic E-state index is 0.0136. The van der Waals surface area contributed by atoms with Crippen LogP contribution in [0, 0.1) is 17.1 Å². The highest BCUT2D eigenvalue weighted by Gasteiger charge is 2.41. The molecular weight excluding hydrogens is 406 g/mol. The molecule has 1 amide bonds. The molecule has 3 rings (SSSR count). The normalized spacial score (nSPS) is 19.4. The molecular formula is C19H15F4N5O2. The number of rotatable bonds is 3. The number of nitrogens with two attached hydrogens (primary N) is 1. The summed E-state index contributed by atoms with van der Waals surface area (Å²) in [7, 11) is 0. The summed E-state index contributed by atoms with van der Waals surface area (Å²) in [5.41, 5.74) is 5.94. The highest BCUT2D eigenvalue weighted by Crippen LogP contribution is 2.31. The van der Waals surface area contributed by atoms with Crippen LogP contribution in [-0.2, 0) is 4.74 Å². The maximum Gasteiger partial charge on any atom is 0.410 e. The number of ether oxygens (including phenoxy) is 1. The van der Waals surface area contributed by atoms with Crippen molar-refractivity contribution >= 4 is 17.4 Å². The van der Waals surface area contributed by atoms with Gasteiger partial charge in [-0.3, -0.25) is 9.79 Å². The van der Waals surface area contributed by atoms with Gasteiger partial charge >= 0.3 is 6.18 Å². The molecule has 1 aliphatic heterocycles. The minimum atomic E-state index is -4.59. The Labute approximate surface area is 168 Å². The van der Waals surface area contributed by atoms with Gasteiger partial charge in [-0.05, 0) is 30.3 Å². The molecule has 1 aromatic carbocycles. The Kier molecular flexibility index (Phi) is 5.98. The van der Waals surface area contributed by atoms with Gasteiger partial charge in [-0.15, -0.1) is 0 Å². The largest absolute Gasteiger partial charge is 0.410 e. The Bertz CT molecular complexity index is 1020. The van der Waals surface area contributed by atoms with Gasteiger partial charge in [0, 0.05) is 23.9 Å². The number of carbonyl (C=O) groups excluding carboxylic acids is 1. The molecule has 2 atom stereocenters. The molecule has 156 valence electrons. The van der Waals surface area contributed by atoms with Crippen LogP contribution < -0.4 is 11.1 Å².